The van der Waals surface area contributed by atoms with E-state index in [2.05, 4.69) is 26.2 Å². The number of rotatable bonds is 3. The van der Waals surface area contributed by atoms with Gasteiger partial charge in [0.2, 0.25) is 5.91 Å². The van der Waals surface area contributed by atoms with Gasteiger partial charge in [-0.25, -0.2) is 4.98 Å². The molecule has 19 heavy (non-hydrogen) atoms. The number of pyridine rings is 1. The van der Waals surface area contributed by atoms with E-state index >= 15 is 0 Å². The lowest BCUT2D eigenvalue weighted by molar-refractivity contribution is -0.115. The molecule has 0 saturated carbocycles. The van der Waals surface area contributed by atoms with Crippen molar-refractivity contribution in [3.63, 3.8) is 0 Å². The van der Waals surface area contributed by atoms with Crippen LogP contribution in [0.1, 0.15) is 11.3 Å². The molecule has 1 aromatic carbocycles. The molecular formula is C14H13BrN2O2. The van der Waals surface area contributed by atoms with Crippen LogP contribution in [-0.2, 0) is 11.2 Å². The molecule has 0 aliphatic carbocycles. The zero-order valence-electron chi connectivity index (χ0n) is 10.4. The minimum absolute atomic E-state index is 0.113. The molecule has 0 fully saturated rings. The van der Waals surface area contributed by atoms with Crippen molar-refractivity contribution in [2.24, 2.45) is 0 Å². The van der Waals surface area contributed by atoms with Crippen molar-refractivity contribution < 1.29 is 9.90 Å². The van der Waals surface area contributed by atoms with Gasteiger partial charge in [-0.05, 0) is 52.7 Å². The predicted molar refractivity (Wildman–Crippen MR) is 77.1 cm³/mol. The molecule has 1 heterocycles. The summed E-state index contributed by atoms with van der Waals surface area (Å²) >= 11 is 3.28. The average molecular weight is 321 g/mol. The molecule has 2 rings (SSSR count). The number of aromatic hydroxyl groups is 1. The number of aromatic nitrogens is 1. The molecule has 0 aliphatic heterocycles. The number of phenolic OH excluding ortho intramolecular Hbond substituents is 1. The number of halogens is 1. The van der Waals surface area contributed by atoms with E-state index in [0.29, 0.717) is 5.69 Å². The maximum absolute atomic E-state index is 11.9. The number of hydrogen-bond donors (Lipinski definition) is 2. The predicted octanol–water partition coefficient (Wildman–Crippen LogP) is 3.04. The Balaban J connectivity index is 2.03. The number of hydrogen-bond acceptors (Lipinski definition) is 3. The molecule has 0 spiro atoms. The second-order valence-corrected chi connectivity index (χ2v) is 4.97. The van der Waals surface area contributed by atoms with E-state index in [-0.39, 0.29) is 18.1 Å². The summed E-state index contributed by atoms with van der Waals surface area (Å²) < 4.78 is 0.738. The number of aryl methyl sites for hydroxylation is 1. The molecule has 2 N–H and O–H groups in total. The van der Waals surface area contributed by atoms with Crippen molar-refractivity contribution in [3.05, 3.63) is 52.3 Å². The third-order valence-corrected chi connectivity index (χ3v) is 3.07. The maximum atomic E-state index is 11.9. The lowest BCUT2D eigenvalue weighted by Crippen LogP contribution is -2.15. The zero-order valence-corrected chi connectivity index (χ0v) is 11.9. The quantitative estimate of drug-likeness (QED) is 0.854. The van der Waals surface area contributed by atoms with Gasteiger partial charge in [0.1, 0.15) is 10.4 Å². The van der Waals surface area contributed by atoms with E-state index in [1.54, 1.807) is 36.4 Å². The van der Waals surface area contributed by atoms with E-state index in [4.69, 9.17) is 0 Å². The topological polar surface area (TPSA) is 62.2 Å². The second-order valence-electron chi connectivity index (χ2n) is 4.16. The van der Waals surface area contributed by atoms with Crippen LogP contribution in [0.2, 0.25) is 0 Å². The third kappa shape index (κ3) is 3.79. The van der Waals surface area contributed by atoms with Gasteiger partial charge in [0.15, 0.2) is 0 Å². The van der Waals surface area contributed by atoms with Crippen LogP contribution in [0.15, 0.2) is 41.0 Å². The van der Waals surface area contributed by atoms with Gasteiger partial charge in [-0.2, -0.15) is 0 Å². The van der Waals surface area contributed by atoms with Crippen molar-refractivity contribution >= 4 is 27.5 Å². The van der Waals surface area contributed by atoms with E-state index in [1.807, 2.05) is 6.92 Å². The Hall–Kier alpha value is -1.88. The summed E-state index contributed by atoms with van der Waals surface area (Å²) in [6.45, 7) is 1.83. The second kappa shape index (κ2) is 5.84. The number of benzene rings is 1. The number of carbonyl (C=O) groups excluding carboxylic acids is 1. The first-order chi connectivity index (χ1) is 9.04. The van der Waals surface area contributed by atoms with Crippen molar-refractivity contribution in [2.75, 3.05) is 5.32 Å². The Labute approximate surface area is 119 Å². The molecule has 0 aliphatic rings. The molecule has 2 aromatic rings. The lowest BCUT2D eigenvalue weighted by atomic mass is 10.1. The fourth-order valence-electron chi connectivity index (χ4n) is 1.66. The van der Waals surface area contributed by atoms with E-state index in [1.165, 1.54) is 0 Å². The standard InChI is InChI=1S/C14H13BrN2O2/c1-9-12(6-7-13(15)16-9)17-14(19)8-10-2-4-11(18)5-3-10/h2-7,18H,8H2,1H3,(H,17,19). The van der Waals surface area contributed by atoms with Gasteiger partial charge in [-0.3, -0.25) is 4.79 Å². The Bertz CT molecular complexity index is 597. The molecule has 1 amide bonds. The van der Waals surface area contributed by atoms with Gasteiger partial charge < -0.3 is 10.4 Å². The van der Waals surface area contributed by atoms with Gasteiger partial charge >= 0.3 is 0 Å². The molecule has 98 valence electrons. The minimum Gasteiger partial charge on any atom is -0.508 e. The third-order valence-electron chi connectivity index (χ3n) is 2.63. The smallest absolute Gasteiger partial charge is 0.228 e. The molecule has 1 aromatic heterocycles. The lowest BCUT2D eigenvalue weighted by Gasteiger charge is -2.08. The van der Waals surface area contributed by atoms with E-state index in [0.717, 1.165) is 15.9 Å². The molecular weight excluding hydrogens is 308 g/mol. The average Bonchev–Trinajstić information content (AvgIpc) is 2.36. The molecule has 5 heteroatoms. The van der Waals surface area contributed by atoms with Gasteiger partial charge in [0.25, 0.3) is 0 Å². The highest BCUT2D eigenvalue weighted by Crippen LogP contribution is 2.17. The van der Waals surface area contributed by atoms with Crippen LogP contribution >= 0.6 is 15.9 Å². The van der Waals surface area contributed by atoms with Crippen LogP contribution < -0.4 is 5.32 Å². The van der Waals surface area contributed by atoms with Gasteiger partial charge in [0.05, 0.1) is 17.8 Å². The molecule has 0 saturated heterocycles. The summed E-state index contributed by atoms with van der Waals surface area (Å²) in [7, 11) is 0. The Morgan fingerprint density at radius 1 is 1.26 bits per heavy atom. The zero-order chi connectivity index (χ0) is 13.8. The largest absolute Gasteiger partial charge is 0.508 e. The van der Waals surface area contributed by atoms with Gasteiger partial charge in [-0.1, -0.05) is 12.1 Å². The summed E-state index contributed by atoms with van der Waals surface area (Å²) in [6.07, 6.45) is 0.260. The first-order valence-electron chi connectivity index (χ1n) is 5.75. The minimum atomic E-state index is -0.113. The van der Waals surface area contributed by atoms with Crippen LogP contribution in [0.25, 0.3) is 0 Å². The monoisotopic (exact) mass is 320 g/mol. The molecule has 0 bridgehead atoms. The van der Waals surface area contributed by atoms with Crippen molar-refractivity contribution in [2.45, 2.75) is 13.3 Å². The highest BCUT2D eigenvalue weighted by molar-refractivity contribution is 9.10. The van der Waals surface area contributed by atoms with E-state index < -0.39 is 0 Å². The number of amides is 1. The fourth-order valence-corrected chi connectivity index (χ4v) is 2.05. The summed E-state index contributed by atoms with van der Waals surface area (Å²) in [5.74, 6) is 0.0787. The molecule has 4 nitrogen and oxygen atoms in total. The SMILES string of the molecule is Cc1nc(Br)ccc1NC(=O)Cc1ccc(O)cc1. The number of phenols is 1. The highest BCUT2D eigenvalue weighted by Gasteiger charge is 2.07. The highest BCUT2D eigenvalue weighted by atomic mass is 79.9. The Kier molecular flexibility index (Phi) is 4.16. The summed E-state index contributed by atoms with van der Waals surface area (Å²) in [6, 6.07) is 10.2. The maximum Gasteiger partial charge on any atom is 0.228 e. The number of nitrogens with zero attached hydrogens (tertiary/aromatic N) is 1. The molecule has 0 atom stereocenters. The first kappa shape index (κ1) is 13.5. The Morgan fingerprint density at radius 3 is 2.58 bits per heavy atom. The van der Waals surface area contributed by atoms with Crippen LogP contribution in [0, 0.1) is 6.92 Å². The summed E-state index contributed by atoms with van der Waals surface area (Å²) in [4.78, 5) is 16.1. The van der Waals surface area contributed by atoms with Crippen LogP contribution in [0.3, 0.4) is 0 Å². The first-order valence-corrected chi connectivity index (χ1v) is 6.55. The van der Waals surface area contributed by atoms with Crippen LogP contribution in [-0.4, -0.2) is 16.0 Å². The normalized spacial score (nSPS) is 10.2. The number of carbonyl (C=O) groups is 1. The number of nitrogens with one attached hydrogen (secondary N) is 1. The van der Waals surface area contributed by atoms with E-state index in [9.17, 15) is 9.90 Å². The number of anilines is 1. The van der Waals surface area contributed by atoms with Gasteiger partial charge in [0, 0.05) is 0 Å². The van der Waals surface area contributed by atoms with Crippen LogP contribution in [0.4, 0.5) is 5.69 Å². The summed E-state index contributed by atoms with van der Waals surface area (Å²) in [5, 5.41) is 12.0. The van der Waals surface area contributed by atoms with Gasteiger partial charge in [-0.15, -0.1) is 0 Å². The molecule has 0 radical (unpaired) electrons. The Morgan fingerprint density at radius 2 is 1.95 bits per heavy atom. The van der Waals surface area contributed by atoms with Crippen molar-refractivity contribution in [3.8, 4) is 5.75 Å². The van der Waals surface area contributed by atoms with Crippen molar-refractivity contribution in [1.29, 1.82) is 0 Å². The van der Waals surface area contributed by atoms with Crippen LogP contribution in [0.5, 0.6) is 5.75 Å². The fraction of sp³-hybridized carbons (Fsp3) is 0.143. The van der Waals surface area contributed by atoms with Crippen molar-refractivity contribution in [1.82, 2.24) is 4.98 Å². The molecule has 0 unspecified atom stereocenters. The summed E-state index contributed by atoms with van der Waals surface area (Å²) in [5.41, 5.74) is 2.30.